The Hall–Kier alpha value is -0.343. The van der Waals surface area contributed by atoms with Crippen LogP contribution in [-0.4, -0.2) is 37.3 Å². The standard InChI is InChI=1S/C15H28O3Si/c1-13(2,3)19(7,8)17-11-12-15(6,18-12)10-9-14(4,5)16/h12,16H,11H2,1-8H3/t12-,15+/m1/s1. The lowest BCUT2D eigenvalue weighted by Crippen LogP contribution is -2.42. The largest absolute Gasteiger partial charge is 0.414 e. The van der Waals surface area contributed by atoms with Crippen LogP contribution in [0.5, 0.6) is 0 Å². The minimum absolute atomic E-state index is 0.0245. The third kappa shape index (κ3) is 4.61. The van der Waals surface area contributed by atoms with Crippen molar-refractivity contribution in [2.24, 2.45) is 0 Å². The van der Waals surface area contributed by atoms with Gasteiger partial charge >= 0.3 is 0 Å². The van der Waals surface area contributed by atoms with E-state index in [2.05, 4.69) is 45.7 Å². The molecule has 3 nitrogen and oxygen atoms in total. The molecule has 0 radical (unpaired) electrons. The van der Waals surface area contributed by atoms with E-state index in [9.17, 15) is 5.11 Å². The first-order valence-electron chi connectivity index (χ1n) is 6.85. The van der Waals surface area contributed by atoms with E-state index in [1.807, 2.05) is 6.92 Å². The zero-order valence-electron chi connectivity index (χ0n) is 13.5. The van der Waals surface area contributed by atoms with Crippen molar-refractivity contribution in [2.45, 2.75) is 77.0 Å². The van der Waals surface area contributed by atoms with Crippen LogP contribution in [0, 0.1) is 11.8 Å². The third-order valence-corrected chi connectivity index (χ3v) is 8.46. The molecule has 1 heterocycles. The van der Waals surface area contributed by atoms with Gasteiger partial charge in [-0.15, -0.1) is 0 Å². The van der Waals surface area contributed by atoms with Crippen LogP contribution in [0.15, 0.2) is 0 Å². The summed E-state index contributed by atoms with van der Waals surface area (Å²) in [5.41, 5.74) is -1.43. The second-order valence-electron chi connectivity index (χ2n) is 7.59. The average Bonchev–Trinajstić information content (AvgIpc) is 2.82. The molecule has 0 saturated carbocycles. The van der Waals surface area contributed by atoms with Crippen molar-refractivity contribution in [3.05, 3.63) is 0 Å². The van der Waals surface area contributed by atoms with Gasteiger partial charge in [0.2, 0.25) is 0 Å². The quantitative estimate of drug-likeness (QED) is 0.492. The van der Waals surface area contributed by atoms with Gasteiger partial charge in [0.05, 0.1) is 6.61 Å². The molecule has 1 rings (SSSR count). The molecule has 0 bridgehead atoms. The van der Waals surface area contributed by atoms with Crippen LogP contribution >= 0.6 is 0 Å². The molecule has 2 atom stereocenters. The van der Waals surface area contributed by atoms with Gasteiger partial charge in [-0.3, -0.25) is 0 Å². The fraction of sp³-hybridized carbons (Fsp3) is 0.867. The fourth-order valence-corrected chi connectivity index (χ4v) is 2.34. The molecule has 110 valence electrons. The molecule has 1 N–H and O–H groups in total. The van der Waals surface area contributed by atoms with E-state index in [0.717, 1.165) is 0 Å². The summed E-state index contributed by atoms with van der Waals surface area (Å²) in [4.78, 5) is 0. The highest BCUT2D eigenvalue weighted by atomic mass is 28.4. The smallest absolute Gasteiger partial charge is 0.192 e. The number of ether oxygens (including phenoxy) is 1. The first-order chi connectivity index (χ1) is 8.27. The molecule has 0 aromatic rings. The first kappa shape index (κ1) is 16.7. The monoisotopic (exact) mass is 284 g/mol. The molecular weight excluding hydrogens is 256 g/mol. The topological polar surface area (TPSA) is 42.0 Å². The van der Waals surface area contributed by atoms with Crippen molar-refractivity contribution < 1.29 is 14.3 Å². The number of hydrogen-bond acceptors (Lipinski definition) is 3. The lowest BCUT2D eigenvalue weighted by molar-refractivity contribution is 0.143. The van der Waals surface area contributed by atoms with Crippen molar-refractivity contribution >= 4 is 8.32 Å². The van der Waals surface area contributed by atoms with E-state index in [0.29, 0.717) is 6.61 Å². The molecular formula is C15H28O3Si. The number of epoxide rings is 1. The van der Waals surface area contributed by atoms with E-state index >= 15 is 0 Å². The number of aliphatic hydroxyl groups is 1. The molecule has 1 saturated heterocycles. The molecule has 0 aliphatic carbocycles. The molecule has 1 aliphatic heterocycles. The molecule has 0 unspecified atom stereocenters. The highest BCUT2D eigenvalue weighted by molar-refractivity contribution is 6.74. The summed E-state index contributed by atoms with van der Waals surface area (Å²) in [5, 5.41) is 9.81. The average molecular weight is 284 g/mol. The van der Waals surface area contributed by atoms with E-state index in [1.165, 1.54) is 0 Å². The molecule has 4 heteroatoms. The van der Waals surface area contributed by atoms with Crippen LogP contribution in [0.1, 0.15) is 41.5 Å². The van der Waals surface area contributed by atoms with Gasteiger partial charge in [0.25, 0.3) is 0 Å². The number of hydrogen-bond donors (Lipinski definition) is 1. The Kier molecular flexibility index (Phi) is 4.30. The normalized spacial score (nSPS) is 27.7. The van der Waals surface area contributed by atoms with Crippen molar-refractivity contribution in [1.29, 1.82) is 0 Å². The van der Waals surface area contributed by atoms with Crippen LogP contribution in [0.2, 0.25) is 18.1 Å². The molecule has 1 aliphatic rings. The van der Waals surface area contributed by atoms with Gasteiger partial charge < -0.3 is 14.3 Å². The SMILES string of the molecule is CC(C)(O)C#C[C@]1(C)O[C@@H]1CO[Si](C)(C)C(C)(C)C. The summed E-state index contributed by atoms with van der Waals surface area (Å²) in [5.74, 6) is 5.83. The Morgan fingerprint density at radius 1 is 1.26 bits per heavy atom. The molecule has 1 fully saturated rings. The summed E-state index contributed by atoms with van der Waals surface area (Å²) in [6, 6.07) is 0. The van der Waals surface area contributed by atoms with Crippen LogP contribution < -0.4 is 0 Å². The molecule has 0 amide bonds. The Labute approximate surface area is 118 Å². The summed E-state index contributed by atoms with van der Waals surface area (Å²) < 4.78 is 11.7. The number of rotatable bonds is 3. The summed E-state index contributed by atoms with van der Waals surface area (Å²) in [7, 11) is -1.73. The van der Waals surface area contributed by atoms with Gasteiger partial charge in [0.15, 0.2) is 13.9 Å². The lowest BCUT2D eigenvalue weighted by atomic mass is 10.1. The minimum Gasteiger partial charge on any atom is -0.414 e. The highest BCUT2D eigenvalue weighted by Crippen LogP contribution is 2.40. The zero-order valence-corrected chi connectivity index (χ0v) is 14.5. The summed E-state index contributed by atoms with van der Waals surface area (Å²) >= 11 is 0. The van der Waals surface area contributed by atoms with Gasteiger partial charge in [0, 0.05) is 0 Å². The van der Waals surface area contributed by atoms with Gasteiger partial charge in [-0.25, -0.2) is 0 Å². The Morgan fingerprint density at radius 2 is 1.79 bits per heavy atom. The van der Waals surface area contributed by atoms with Gasteiger partial charge in [-0.2, -0.15) is 0 Å². The van der Waals surface area contributed by atoms with Crippen molar-refractivity contribution in [3.8, 4) is 11.8 Å². The van der Waals surface area contributed by atoms with Crippen LogP contribution in [0.25, 0.3) is 0 Å². The molecule has 0 aromatic heterocycles. The van der Waals surface area contributed by atoms with Crippen molar-refractivity contribution in [1.82, 2.24) is 0 Å². The zero-order chi connectivity index (χ0) is 15.1. The van der Waals surface area contributed by atoms with E-state index in [4.69, 9.17) is 9.16 Å². The Bertz CT molecular complexity index is 392. The molecule has 0 spiro atoms. The lowest BCUT2D eigenvalue weighted by Gasteiger charge is -2.36. The van der Waals surface area contributed by atoms with Crippen LogP contribution in [-0.2, 0) is 9.16 Å². The van der Waals surface area contributed by atoms with E-state index in [-0.39, 0.29) is 11.1 Å². The predicted octanol–water partition coefficient (Wildman–Crippen LogP) is 2.94. The fourth-order valence-electron chi connectivity index (χ4n) is 1.34. The maximum Gasteiger partial charge on any atom is 0.192 e. The molecule has 0 aromatic carbocycles. The van der Waals surface area contributed by atoms with Gasteiger partial charge in [-0.1, -0.05) is 32.6 Å². The maximum absolute atomic E-state index is 9.61. The van der Waals surface area contributed by atoms with E-state index in [1.54, 1.807) is 13.8 Å². The van der Waals surface area contributed by atoms with Crippen LogP contribution in [0.3, 0.4) is 0 Å². The van der Waals surface area contributed by atoms with Gasteiger partial charge in [0.1, 0.15) is 11.7 Å². The first-order valence-corrected chi connectivity index (χ1v) is 9.76. The van der Waals surface area contributed by atoms with Crippen molar-refractivity contribution in [3.63, 3.8) is 0 Å². The van der Waals surface area contributed by atoms with Crippen LogP contribution in [0.4, 0.5) is 0 Å². The maximum atomic E-state index is 9.61. The minimum atomic E-state index is -1.73. The van der Waals surface area contributed by atoms with Crippen molar-refractivity contribution in [2.75, 3.05) is 6.61 Å². The highest BCUT2D eigenvalue weighted by Gasteiger charge is 2.52. The van der Waals surface area contributed by atoms with Gasteiger partial charge in [-0.05, 0) is 38.9 Å². The van der Waals surface area contributed by atoms with E-state index < -0.39 is 19.5 Å². The Balaban J connectivity index is 2.53. The second-order valence-corrected chi connectivity index (χ2v) is 12.4. The second kappa shape index (κ2) is 4.89. The summed E-state index contributed by atoms with van der Waals surface area (Å²) in [6.07, 6.45) is 0.0245. The third-order valence-electron chi connectivity index (χ3n) is 3.96. The summed E-state index contributed by atoms with van der Waals surface area (Å²) in [6.45, 7) is 17.0. The predicted molar refractivity (Wildman–Crippen MR) is 80.5 cm³/mol. The molecule has 19 heavy (non-hydrogen) atoms. The Morgan fingerprint density at radius 3 is 2.21 bits per heavy atom.